The SMILES string of the molecule is CC(=O)c1ccc(O)c(C(=O)OC(=O)c2ccccc2C(=O)NCc2ccccc2)c1. The molecule has 7 nitrogen and oxygen atoms in total. The van der Waals surface area contributed by atoms with E-state index in [-0.39, 0.29) is 34.6 Å². The number of esters is 2. The zero-order chi connectivity index (χ0) is 22.4. The molecule has 1 amide bonds. The number of hydrogen-bond donors (Lipinski definition) is 2. The summed E-state index contributed by atoms with van der Waals surface area (Å²) in [5.74, 6) is -3.45. The third-order valence-corrected chi connectivity index (χ3v) is 4.50. The Morgan fingerprint density at radius 2 is 1.42 bits per heavy atom. The molecular weight excluding hydrogens is 398 g/mol. The van der Waals surface area contributed by atoms with Gasteiger partial charge in [0.1, 0.15) is 11.3 Å². The number of aromatic hydroxyl groups is 1. The summed E-state index contributed by atoms with van der Waals surface area (Å²) in [7, 11) is 0. The van der Waals surface area contributed by atoms with Crippen molar-refractivity contribution in [1.82, 2.24) is 5.32 Å². The fourth-order valence-corrected chi connectivity index (χ4v) is 2.85. The van der Waals surface area contributed by atoms with Crippen LogP contribution in [0.3, 0.4) is 0 Å². The van der Waals surface area contributed by atoms with Gasteiger partial charge in [0.15, 0.2) is 5.78 Å². The molecule has 2 N–H and O–H groups in total. The van der Waals surface area contributed by atoms with Crippen molar-refractivity contribution in [2.75, 3.05) is 0 Å². The smallest absolute Gasteiger partial charge is 0.349 e. The highest BCUT2D eigenvalue weighted by molar-refractivity contribution is 6.10. The molecule has 0 aliphatic carbocycles. The molecule has 0 saturated heterocycles. The average Bonchev–Trinajstić information content (AvgIpc) is 2.78. The average molecular weight is 417 g/mol. The van der Waals surface area contributed by atoms with Crippen LogP contribution in [0.2, 0.25) is 0 Å². The third-order valence-electron chi connectivity index (χ3n) is 4.50. The van der Waals surface area contributed by atoms with Gasteiger partial charge in [-0.15, -0.1) is 0 Å². The standard InChI is InChI=1S/C24H19NO6/c1-15(26)17-11-12-21(27)20(13-17)24(30)31-23(29)19-10-6-5-9-18(19)22(28)25-14-16-7-3-2-4-8-16/h2-13,27H,14H2,1H3,(H,25,28). The summed E-state index contributed by atoms with van der Waals surface area (Å²) < 4.78 is 4.86. The summed E-state index contributed by atoms with van der Waals surface area (Å²) in [6, 6.07) is 18.8. The molecule has 0 bridgehead atoms. The van der Waals surface area contributed by atoms with Crippen LogP contribution in [0.25, 0.3) is 0 Å². The molecular formula is C24H19NO6. The van der Waals surface area contributed by atoms with Crippen molar-refractivity contribution < 1.29 is 29.0 Å². The van der Waals surface area contributed by atoms with E-state index in [2.05, 4.69) is 5.32 Å². The fourth-order valence-electron chi connectivity index (χ4n) is 2.85. The maximum absolute atomic E-state index is 12.6. The predicted molar refractivity (Wildman–Crippen MR) is 112 cm³/mol. The lowest BCUT2D eigenvalue weighted by atomic mass is 10.1. The van der Waals surface area contributed by atoms with Gasteiger partial charge in [-0.3, -0.25) is 9.59 Å². The number of phenols is 1. The van der Waals surface area contributed by atoms with Gasteiger partial charge in [-0.1, -0.05) is 42.5 Å². The number of ketones is 1. The van der Waals surface area contributed by atoms with E-state index in [0.29, 0.717) is 0 Å². The van der Waals surface area contributed by atoms with Gasteiger partial charge in [0.25, 0.3) is 5.91 Å². The molecule has 0 unspecified atom stereocenters. The Labute approximate surface area is 178 Å². The lowest BCUT2D eigenvalue weighted by molar-refractivity contribution is 0.0393. The maximum Gasteiger partial charge on any atom is 0.349 e. The highest BCUT2D eigenvalue weighted by Gasteiger charge is 2.23. The predicted octanol–water partition coefficient (Wildman–Crippen LogP) is 3.52. The van der Waals surface area contributed by atoms with Gasteiger partial charge >= 0.3 is 11.9 Å². The Kier molecular flexibility index (Phi) is 6.57. The Morgan fingerprint density at radius 1 is 0.806 bits per heavy atom. The van der Waals surface area contributed by atoms with Crippen molar-refractivity contribution >= 4 is 23.6 Å². The number of amides is 1. The van der Waals surface area contributed by atoms with Crippen molar-refractivity contribution in [2.45, 2.75) is 13.5 Å². The number of phenolic OH excluding ortho intramolecular Hbond substituents is 1. The molecule has 0 aromatic heterocycles. The van der Waals surface area contributed by atoms with Crippen molar-refractivity contribution in [2.24, 2.45) is 0 Å². The normalized spacial score (nSPS) is 10.2. The minimum Gasteiger partial charge on any atom is -0.507 e. The second kappa shape index (κ2) is 9.49. The van der Waals surface area contributed by atoms with Crippen LogP contribution >= 0.6 is 0 Å². The van der Waals surface area contributed by atoms with Gasteiger partial charge in [0, 0.05) is 12.1 Å². The minimum absolute atomic E-state index is 0.0398. The monoisotopic (exact) mass is 417 g/mol. The molecule has 0 saturated carbocycles. The van der Waals surface area contributed by atoms with E-state index in [9.17, 15) is 24.3 Å². The molecule has 0 aliphatic rings. The van der Waals surface area contributed by atoms with Crippen LogP contribution in [-0.2, 0) is 11.3 Å². The van der Waals surface area contributed by atoms with Crippen molar-refractivity contribution in [3.05, 3.63) is 101 Å². The lowest BCUT2D eigenvalue weighted by Gasteiger charge is -2.10. The summed E-state index contributed by atoms with van der Waals surface area (Å²) in [4.78, 5) is 49.1. The Balaban J connectivity index is 1.77. The Hall–Kier alpha value is -4.26. The topological polar surface area (TPSA) is 110 Å². The van der Waals surface area contributed by atoms with Gasteiger partial charge in [0.2, 0.25) is 0 Å². The quantitative estimate of drug-likeness (QED) is 0.361. The van der Waals surface area contributed by atoms with Gasteiger partial charge in [-0.2, -0.15) is 0 Å². The number of carbonyl (C=O) groups is 4. The first kappa shape index (κ1) is 21.4. The van der Waals surface area contributed by atoms with Gasteiger partial charge < -0.3 is 15.2 Å². The second-order valence-electron chi connectivity index (χ2n) is 6.68. The summed E-state index contributed by atoms with van der Waals surface area (Å²) in [6.45, 7) is 1.56. The van der Waals surface area contributed by atoms with Crippen molar-refractivity contribution in [3.8, 4) is 5.75 Å². The number of benzene rings is 3. The molecule has 3 aromatic carbocycles. The molecule has 0 spiro atoms. The van der Waals surface area contributed by atoms with Crippen LogP contribution < -0.4 is 5.32 Å². The van der Waals surface area contributed by atoms with Gasteiger partial charge in [-0.05, 0) is 42.8 Å². The molecule has 7 heteroatoms. The maximum atomic E-state index is 12.6. The minimum atomic E-state index is -1.13. The van der Waals surface area contributed by atoms with Crippen LogP contribution in [0.5, 0.6) is 5.75 Å². The molecule has 31 heavy (non-hydrogen) atoms. The van der Waals surface area contributed by atoms with E-state index < -0.39 is 23.6 Å². The van der Waals surface area contributed by atoms with E-state index in [4.69, 9.17) is 4.74 Å². The second-order valence-corrected chi connectivity index (χ2v) is 6.68. The molecule has 0 fully saturated rings. The van der Waals surface area contributed by atoms with Gasteiger partial charge in [-0.25, -0.2) is 9.59 Å². The number of hydrogen-bond acceptors (Lipinski definition) is 6. The highest BCUT2D eigenvalue weighted by atomic mass is 16.6. The molecule has 3 rings (SSSR count). The van der Waals surface area contributed by atoms with Crippen LogP contribution in [0.4, 0.5) is 0 Å². The lowest BCUT2D eigenvalue weighted by Crippen LogP contribution is -2.25. The summed E-state index contributed by atoms with van der Waals surface area (Å²) in [5, 5.41) is 12.6. The zero-order valence-corrected chi connectivity index (χ0v) is 16.6. The Morgan fingerprint density at radius 3 is 2.10 bits per heavy atom. The number of Topliss-reactive ketones (excluding diaryl/α,β-unsaturated/α-hetero) is 1. The van der Waals surface area contributed by atoms with Crippen LogP contribution in [-0.4, -0.2) is 28.7 Å². The fraction of sp³-hybridized carbons (Fsp3) is 0.0833. The summed E-state index contributed by atoms with van der Waals surface area (Å²) in [5.41, 5.74) is 0.665. The summed E-state index contributed by atoms with van der Waals surface area (Å²) in [6.07, 6.45) is 0. The number of nitrogens with one attached hydrogen (secondary N) is 1. The Bertz CT molecular complexity index is 1150. The molecule has 0 atom stereocenters. The molecule has 156 valence electrons. The zero-order valence-electron chi connectivity index (χ0n) is 16.6. The third kappa shape index (κ3) is 5.22. The van der Waals surface area contributed by atoms with Crippen molar-refractivity contribution in [1.29, 1.82) is 0 Å². The molecule has 0 heterocycles. The van der Waals surface area contributed by atoms with Crippen LogP contribution in [0, 0.1) is 0 Å². The molecule has 0 radical (unpaired) electrons. The largest absolute Gasteiger partial charge is 0.507 e. The van der Waals surface area contributed by atoms with Crippen LogP contribution in [0.1, 0.15) is 53.9 Å². The first-order chi connectivity index (χ1) is 14.9. The van der Waals surface area contributed by atoms with Crippen molar-refractivity contribution in [3.63, 3.8) is 0 Å². The molecule has 0 aliphatic heterocycles. The van der Waals surface area contributed by atoms with E-state index in [1.807, 2.05) is 30.3 Å². The van der Waals surface area contributed by atoms with Gasteiger partial charge in [0.05, 0.1) is 11.1 Å². The number of carbonyl (C=O) groups excluding carboxylic acids is 4. The van der Waals surface area contributed by atoms with E-state index in [1.54, 1.807) is 6.07 Å². The first-order valence-corrected chi connectivity index (χ1v) is 9.38. The van der Waals surface area contributed by atoms with E-state index in [0.717, 1.165) is 11.6 Å². The number of rotatable bonds is 6. The molecule has 3 aromatic rings. The number of ether oxygens (including phenoxy) is 1. The highest BCUT2D eigenvalue weighted by Crippen LogP contribution is 2.21. The van der Waals surface area contributed by atoms with E-state index >= 15 is 0 Å². The van der Waals surface area contributed by atoms with E-state index in [1.165, 1.54) is 37.3 Å². The van der Waals surface area contributed by atoms with Crippen LogP contribution in [0.15, 0.2) is 72.8 Å². The summed E-state index contributed by atoms with van der Waals surface area (Å²) >= 11 is 0. The first-order valence-electron chi connectivity index (χ1n) is 9.38.